The molecule has 2 fully saturated rings. The van der Waals surface area contributed by atoms with E-state index < -0.39 is 0 Å². The Balaban J connectivity index is 1.70. The minimum atomic E-state index is -0.251. The average Bonchev–Trinajstić information content (AvgIpc) is 3.32. The number of benzene rings is 1. The molecule has 2 aliphatic rings. The highest BCUT2D eigenvalue weighted by atomic mass is 15.2. The molecule has 0 amide bonds. The van der Waals surface area contributed by atoms with E-state index in [4.69, 9.17) is 0 Å². The number of hydrogen-bond donors (Lipinski definition) is 0. The molecule has 3 heteroatoms. The standard InChI is InChI=1S/C20H25N3/c21-16-20(9-3-4-10-20)18-15-23(14-13-22-11-5-6-12-22)19-8-2-1-7-17(18)19/h1-2,7-8,15H,3-6,9-14H2. The number of fused-ring (bicyclic) bond motifs is 1. The first-order chi connectivity index (χ1) is 11.3. The summed E-state index contributed by atoms with van der Waals surface area (Å²) in [4.78, 5) is 2.56. The summed E-state index contributed by atoms with van der Waals surface area (Å²) in [6.07, 6.45) is 9.37. The van der Waals surface area contributed by atoms with Gasteiger partial charge in [-0.15, -0.1) is 0 Å². The lowest BCUT2D eigenvalue weighted by molar-refractivity contribution is 0.324. The number of nitrogens with zero attached hydrogens (tertiary/aromatic N) is 3. The van der Waals surface area contributed by atoms with Crippen LogP contribution in [0.25, 0.3) is 10.9 Å². The topological polar surface area (TPSA) is 32.0 Å². The van der Waals surface area contributed by atoms with Gasteiger partial charge in [-0.2, -0.15) is 5.26 Å². The molecule has 1 saturated heterocycles. The van der Waals surface area contributed by atoms with Gasteiger partial charge >= 0.3 is 0 Å². The molecule has 1 saturated carbocycles. The molecule has 0 unspecified atom stereocenters. The zero-order chi connectivity index (χ0) is 15.7. The largest absolute Gasteiger partial charge is 0.346 e. The SMILES string of the molecule is N#CC1(c2cn(CCN3CCCC3)c3ccccc23)CCCC1. The molecule has 0 N–H and O–H groups in total. The Hall–Kier alpha value is -1.79. The molecule has 3 nitrogen and oxygen atoms in total. The molecule has 1 aliphatic carbocycles. The second-order valence-electron chi connectivity index (χ2n) is 7.20. The van der Waals surface area contributed by atoms with Crippen molar-refractivity contribution in [3.63, 3.8) is 0 Å². The highest BCUT2D eigenvalue weighted by Gasteiger charge is 2.38. The van der Waals surface area contributed by atoms with Gasteiger partial charge in [-0.1, -0.05) is 31.0 Å². The molecular weight excluding hydrogens is 282 g/mol. The maximum absolute atomic E-state index is 9.87. The predicted octanol–water partition coefficient (Wildman–Crippen LogP) is 4.07. The van der Waals surface area contributed by atoms with Crippen LogP contribution in [0.5, 0.6) is 0 Å². The maximum Gasteiger partial charge on any atom is 0.0843 e. The van der Waals surface area contributed by atoms with Crippen LogP contribution in [0.4, 0.5) is 0 Å². The molecule has 0 bridgehead atoms. The summed E-state index contributed by atoms with van der Waals surface area (Å²) in [5.74, 6) is 0. The van der Waals surface area contributed by atoms with E-state index in [1.165, 1.54) is 55.2 Å². The summed E-state index contributed by atoms with van der Waals surface area (Å²) < 4.78 is 2.39. The van der Waals surface area contributed by atoms with Crippen molar-refractivity contribution in [3.05, 3.63) is 36.0 Å². The first-order valence-electron chi connectivity index (χ1n) is 9.04. The van der Waals surface area contributed by atoms with Gasteiger partial charge in [0.25, 0.3) is 0 Å². The van der Waals surface area contributed by atoms with E-state index in [1.807, 2.05) is 0 Å². The van der Waals surface area contributed by atoms with Crippen LogP contribution in [0, 0.1) is 11.3 Å². The molecule has 23 heavy (non-hydrogen) atoms. The Morgan fingerprint density at radius 2 is 1.74 bits per heavy atom. The molecular formula is C20H25N3. The summed E-state index contributed by atoms with van der Waals surface area (Å²) in [5.41, 5.74) is 2.32. The van der Waals surface area contributed by atoms with Gasteiger partial charge in [0.15, 0.2) is 0 Å². The summed E-state index contributed by atoms with van der Waals surface area (Å²) in [6, 6.07) is 11.3. The van der Waals surface area contributed by atoms with Crippen molar-refractivity contribution in [1.82, 2.24) is 9.47 Å². The Morgan fingerprint density at radius 3 is 2.48 bits per heavy atom. The number of nitriles is 1. The quantitative estimate of drug-likeness (QED) is 0.852. The van der Waals surface area contributed by atoms with Crippen molar-refractivity contribution in [1.29, 1.82) is 5.26 Å². The molecule has 0 atom stereocenters. The molecule has 120 valence electrons. The smallest absolute Gasteiger partial charge is 0.0843 e. The molecule has 2 aromatic rings. The zero-order valence-electron chi connectivity index (χ0n) is 13.8. The lowest BCUT2D eigenvalue weighted by atomic mass is 9.80. The fourth-order valence-corrected chi connectivity index (χ4v) is 4.49. The first kappa shape index (κ1) is 14.8. The monoisotopic (exact) mass is 307 g/mol. The second-order valence-corrected chi connectivity index (χ2v) is 7.20. The summed E-state index contributed by atoms with van der Waals surface area (Å²) in [5, 5.41) is 11.2. The lowest BCUT2D eigenvalue weighted by Gasteiger charge is -2.19. The van der Waals surface area contributed by atoms with Gasteiger partial charge in [-0.05, 0) is 50.4 Å². The van der Waals surface area contributed by atoms with Gasteiger partial charge in [-0.3, -0.25) is 0 Å². The average molecular weight is 307 g/mol. The van der Waals surface area contributed by atoms with Crippen LogP contribution >= 0.6 is 0 Å². The third kappa shape index (κ3) is 2.56. The Kier molecular flexibility index (Phi) is 3.87. The van der Waals surface area contributed by atoms with Crippen molar-refractivity contribution in [2.75, 3.05) is 19.6 Å². The summed E-state index contributed by atoms with van der Waals surface area (Å²) in [7, 11) is 0. The van der Waals surface area contributed by atoms with E-state index in [-0.39, 0.29) is 5.41 Å². The highest BCUT2D eigenvalue weighted by Crippen LogP contribution is 2.43. The molecule has 0 spiro atoms. The van der Waals surface area contributed by atoms with Crippen LogP contribution in [-0.4, -0.2) is 29.1 Å². The molecule has 2 heterocycles. The molecule has 4 rings (SSSR count). The van der Waals surface area contributed by atoms with Crippen molar-refractivity contribution in [2.24, 2.45) is 0 Å². The predicted molar refractivity (Wildman–Crippen MR) is 93.4 cm³/mol. The number of likely N-dealkylation sites (tertiary alicyclic amines) is 1. The third-order valence-corrected chi connectivity index (χ3v) is 5.83. The molecule has 1 aliphatic heterocycles. The Bertz CT molecular complexity index is 725. The van der Waals surface area contributed by atoms with E-state index in [2.05, 4.69) is 46.0 Å². The Labute approximate surface area is 138 Å². The molecule has 1 aromatic heterocycles. The van der Waals surface area contributed by atoms with Gasteiger partial charge < -0.3 is 9.47 Å². The van der Waals surface area contributed by atoms with Crippen molar-refractivity contribution < 1.29 is 0 Å². The number of rotatable bonds is 4. The third-order valence-electron chi connectivity index (χ3n) is 5.83. The van der Waals surface area contributed by atoms with Gasteiger partial charge in [0, 0.05) is 30.2 Å². The van der Waals surface area contributed by atoms with Crippen molar-refractivity contribution in [3.8, 4) is 6.07 Å². The normalized spacial score (nSPS) is 21.0. The second kappa shape index (κ2) is 6.02. The van der Waals surface area contributed by atoms with E-state index in [0.29, 0.717) is 0 Å². The molecule has 1 aromatic carbocycles. The van der Waals surface area contributed by atoms with Crippen LogP contribution in [-0.2, 0) is 12.0 Å². The van der Waals surface area contributed by atoms with Crippen LogP contribution in [0.3, 0.4) is 0 Å². The van der Waals surface area contributed by atoms with Crippen LogP contribution in [0.2, 0.25) is 0 Å². The van der Waals surface area contributed by atoms with Crippen molar-refractivity contribution in [2.45, 2.75) is 50.5 Å². The fraction of sp³-hybridized carbons (Fsp3) is 0.550. The van der Waals surface area contributed by atoms with Crippen LogP contribution in [0.15, 0.2) is 30.5 Å². The maximum atomic E-state index is 9.87. The van der Waals surface area contributed by atoms with Gasteiger partial charge in [-0.25, -0.2) is 0 Å². The zero-order valence-corrected chi connectivity index (χ0v) is 13.8. The van der Waals surface area contributed by atoms with Gasteiger partial charge in [0.1, 0.15) is 0 Å². The number of hydrogen-bond acceptors (Lipinski definition) is 2. The van der Waals surface area contributed by atoms with E-state index >= 15 is 0 Å². The van der Waals surface area contributed by atoms with E-state index in [0.717, 1.165) is 25.9 Å². The van der Waals surface area contributed by atoms with Gasteiger partial charge in [0.2, 0.25) is 0 Å². The van der Waals surface area contributed by atoms with E-state index in [1.54, 1.807) is 0 Å². The van der Waals surface area contributed by atoms with Crippen LogP contribution < -0.4 is 0 Å². The van der Waals surface area contributed by atoms with Crippen LogP contribution in [0.1, 0.15) is 44.1 Å². The minimum Gasteiger partial charge on any atom is -0.346 e. The van der Waals surface area contributed by atoms with Gasteiger partial charge in [0.05, 0.1) is 11.5 Å². The van der Waals surface area contributed by atoms with E-state index in [9.17, 15) is 5.26 Å². The molecule has 0 radical (unpaired) electrons. The summed E-state index contributed by atoms with van der Waals surface area (Å²) >= 11 is 0. The number of aromatic nitrogens is 1. The fourth-order valence-electron chi connectivity index (χ4n) is 4.49. The summed E-state index contributed by atoms with van der Waals surface area (Å²) in [6.45, 7) is 4.64. The highest BCUT2D eigenvalue weighted by molar-refractivity contribution is 5.85. The minimum absolute atomic E-state index is 0.251. The number of para-hydroxylation sites is 1. The van der Waals surface area contributed by atoms with Crippen molar-refractivity contribution >= 4 is 10.9 Å². The lowest BCUT2D eigenvalue weighted by Crippen LogP contribution is -2.24. The Morgan fingerprint density at radius 1 is 1.00 bits per heavy atom. The first-order valence-corrected chi connectivity index (χ1v) is 9.04.